The minimum absolute atomic E-state index is 0.963. The highest BCUT2D eigenvalue weighted by Crippen LogP contribution is 2.39. The number of rotatable bonds is 4. The summed E-state index contributed by atoms with van der Waals surface area (Å²) in [6.07, 6.45) is 5.50. The van der Waals surface area contributed by atoms with Crippen LogP contribution in [0.2, 0.25) is 0 Å². The van der Waals surface area contributed by atoms with Crippen molar-refractivity contribution in [1.82, 2.24) is 19.5 Å². The first-order valence-electron chi connectivity index (χ1n) is 13.2. The van der Waals surface area contributed by atoms with E-state index in [1.54, 1.807) is 11.3 Å². The molecule has 0 saturated carbocycles. The van der Waals surface area contributed by atoms with E-state index in [1.165, 1.54) is 21.0 Å². The molecule has 40 heavy (non-hydrogen) atoms. The molecule has 0 bridgehead atoms. The molecule has 0 amide bonds. The average Bonchev–Trinajstić information content (AvgIpc) is 3.61. The summed E-state index contributed by atoms with van der Waals surface area (Å²) in [5, 5.41) is 3.47. The van der Waals surface area contributed by atoms with E-state index in [4.69, 9.17) is 4.98 Å². The van der Waals surface area contributed by atoms with Crippen LogP contribution in [0.4, 0.5) is 0 Å². The van der Waals surface area contributed by atoms with Gasteiger partial charge in [0.2, 0.25) is 0 Å². The predicted molar refractivity (Wildman–Crippen MR) is 166 cm³/mol. The van der Waals surface area contributed by atoms with Gasteiger partial charge in [-0.25, -0.2) is 4.98 Å². The summed E-state index contributed by atoms with van der Waals surface area (Å²) in [6.45, 7) is 0. The van der Waals surface area contributed by atoms with E-state index >= 15 is 0 Å². The van der Waals surface area contributed by atoms with Crippen LogP contribution in [0.3, 0.4) is 0 Å². The van der Waals surface area contributed by atoms with Crippen molar-refractivity contribution >= 4 is 43.4 Å². The largest absolute Gasteiger partial charge is 0.309 e. The van der Waals surface area contributed by atoms with E-state index in [0.717, 1.165) is 49.7 Å². The van der Waals surface area contributed by atoms with E-state index in [9.17, 15) is 0 Å². The summed E-state index contributed by atoms with van der Waals surface area (Å²) in [6, 6.07) is 40.5. The number of thiazole rings is 1. The van der Waals surface area contributed by atoms with E-state index < -0.39 is 0 Å². The standard InChI is InChI=1S/C35H22N4S/c1-2-12-31-28(9-1)29-15-14-25(35-38-34-27(10-6-13-33(34)40-35)23-16-19-36-20-17-23)22-32(29)39(31)26-8-5-7-24(21-26)30-11-3-4-18-37-30/h1-22H. The smallest absolute Gasteiger partial charge is 0.124 e. The third-order valence-electron chi connectivity index (χ3n) is 7.40. The minimum Gasteiger partial charge on any atom is -0.309 e. The Balaban J connectivity index is 1.33. The molecule has 0 aliphatic rings. The zero-order chi connectivity index (χ0) is 26.5. The summed E-state index contributed by atoms with van der Waals surface area (Å²) < 4.78 is 3.53. The number of pyridine rings is 2. The molecule has 188 valence electrons. The Labute approximate surface area is 234 Å². The van der Waals surface area contributed by atoms with Crippen molar-refractivity contribution in [2.45, 2.75) is 0 Å². The maximum atomic E-state index is 5.16. The first-order chi connectivity index (χ1) is 19.8. The molecule has 8 aromatic rings. The van der Waals surface area contributed by atoms with Gasteiger partial charge < -0.3 is 4.57 Å². The fraction of sp³-hybridized carbons (Fsp3) is 0. The molecule has 0 spiro atoms. The second-order valence-corrected chi connectivity index (χ2v) is 10.8. The molecule has 0 N–H and O–H groups in total. The third kappa shape index (κ3) is 3.71. The zero-order valence-corrected chi connectivity index (χ0v) is 22.2. The van der Waals surface area contributed by atoms with Gasteiger partial charge >= 0.3 is 0 Å². The molecule has 4 heterocycles. The van der Waals surface area contributed by atoms with Crippen LogP contribution in [0.25, 0.3) is 70.7 Å². The lowest BCUT2D eigenvalue weighted by Crippen LogP contribution is -1.95. The maximum Gasteiger partial charge on any atom is 0.124 e. The number of nitrogens with zero attached hydrogens (tertiary/aromatic N) is 4. The Morgan fingerprint density at radius 3 is 2.33 bits per heavy atom. The van der Waals surface area contributed by atoms with Crippen molar-refractivity contribution < 1.29 is 0 Å². The second-order valence-electron chi connectivity index (χ2n) is 9.76. The SMILES string of the molecule is c1ccc(-c2cccc(-n3c4ccccc4c4ccc(-c5nc6c(-c7ccncc7)cccc6s5)cc43)c2)nc1. The van der Waals surface area contributed by atoms with Crippen LogP contribution in [0, 0.1) is 0 Å². The molecule has 0 radical (unpaired) electrons. The first-order valence-corrected chi connectivity index (χ1v) is 14.0. The van der Waals surface area contributed by atoms with Crippen LogP contribution in [-0.4, -0.2) is 19.5 Å². The summed E-state index contributed by atoms with van der Waals surface area (Å²) >= 11 is 1.73. The molecule has 5 heteroatoms. The van der Waals surface area contributed by atoms with Crippen molar-refractivity contribution in [3.05, 3.63) is 134 Å². The van der Waals surface area contributed by atoms with Crippen LogP contribution in [-0.2, 0) is 0 Å². The van der Waals surface area contributed by atoms with Crippen molar-refractivity contribution in [3.63, 3.8) is 0 Å². The molecule has 4 nitrogen and oxygen atoms in total. The molecule has 0 aliphatic carbocycles. The topological polar surface area (TPSA) is 43.6 Å². The van der Waals surface area contributed by atoms with Crippen LogP contribution in [0.1, 0.15) is 0 Å². The van der Waals surface area contributed by atoms with E-state index in [0.29, 0.717) is 0 Å². The summed E-state index contributed by atoms with van der Waals surface area (Å²) in [4.78, 5) is 13.9. The normalized spacial score (nSPS) is 11.5. The third-order valence-corrected chi connectivity index (χ3v) is 8.47. The highest BCUT2D eigenvalue weighted by molar-refractivity contribution is 7.21. The first kappa shape index (κ1) is 22.8. The molecule has 0 saturated heterocycles. The van der Waals surface area contributed by atoms with E-state index in [-0.39, 0.29) is 0 Å². The average molecular weight is 531 g/mol. The Bertz CT molecular complexity index is 2160. The molecular formula is C35H22N4S. The van der Waals surface area contributed by atoms with E-state index in [2.05, 4.69) is 106 Å². The molecular weight excluding hydrogens is 508 g/mol. The second kappa shape index (κ2) is 9.26. The van der Waals surface area contributed by atoms with Crippen LogP contribution in [0.5, 0.6) is 0 Å². The lowest BCUT2D eigenvalue weighted by molar-refractivity contribution is 1.18. The highest BCUT2D eigenvalue weighted by atomic mass is 32.1. The van der Waals surface area contributed by atoms with Crippen molar-refractivity contribution in [1.29, 1.82) is 0 Å². The molecule has 8 rings (SSSR count). The number of para-hydroxylation sites is 2. The molecule has 4 aromatic heterocycles. The predicted octanol–water partition coefficient (Wildman–Crippen LogP) is 9.18. The number of hydrogen-bond acceptors (Lipinski definition) is 4. The van der Waals surface area contributed by atoms with Crippen molar-refractivity contribution in [2.24, 2.45) is 0 Å². The quantitative estimate of drug-likeness (QED) is 0.228. The Morgan fingerprint density at radius 1 is 0.575 bits per heavy atom. The number of aromatic nitrogens is 4. The molecule has 0 fully saturated rings. The Morgan fingerprint density at radius 2 is 1.43 bits per heavy atom. The Hall–Kier alpha value is -5.13. The monoisotopic (exact) mass is 530 g/mol. The van der Waals surface area contributed by atoms with E-state index in [1.807, 2.05) is 42.9 Å². The summed E-state index contributed by atoms with van der Waals surface area (Å²) in [5.74, 6) is 0. The molecule has 4 aromatic carbocycles. The molecule has 0 atom stereocenters. The highest BCUT2D eigenvalue weighted by Gasteiger charge is 2.16. The van der Waals surface area contributed by atoms with Gasteiger partial charge in [-0.1, -0.05) is 60.7 Å². The van der Waals surface area contributed by atoms with Gasteiger partial charge in [-0.2, -0.15) is 0 Å². The minimum atomic E-state index is 0.963. The lowest BCUT2D eigenvalue weighted by atomic mass is 10.1. The van der Waals surface area contributed by atoms with Crippen molar-refractivity contribution in [3.8, 4) is 38.6 Å². The van der Waals surface area contributed by atoms with Crippen LogP contribution >= 0.6 is 11.3 Å². The number of hydrogen-bond donors (Lipinski definition) is 0. The van der Waals surface area contributed by atoms with Gasteiger partial charge in [-0.05, 0) is 60.2 Å². The Kier molecular flexibility index (Phi) is 5.28. The summed E-state index contributed by atoms with van der Waals surface area (Å²) in [7, 11) is 0. The number of fused-ring (bicyclic) bond motifs is 4. The number of benzene rings is 4. The fourth-order valence-corrected chi connectivity index (χ4v) is 6.54. The van der Waals surface area contributed by atoms with Crippen LogP contribution in [0.15, 0.2) is 134 Å². The molecule has 0 unspecified atom stereocenters. The van der Waals surface area contributed by atoms with Gasteiger partial charge in [0.25, 0.3) is 0 Å². The van der Waals surface area contributed by atoms with Gasteiger partial charge in [0.1, 0.15) is 5.01 Å². The van der Waals surface area contributed by atoms with Gasteiger partial charge in [-0.3, -0.25) is 9.97 Å². The zero-order valence-electron chi connectivity index (χ0n) is 21.4. The van der Waals surface area contributed by atoms with Crippen molar-refractivity contribution in [2.75, 3.05) is 0 Å². The molecule has 0 aliphatic heterocycles. The summed E-state index contributed by atoms with van der Waals surface area (Å²) in [5.41, 5.74) is 9.89. The maximum absolute atomic E-state index is 5.16. The fourth-order valence-electron chi connectivity index (χ4n) is 5.56. The van der Waals surface area contributed by atoms with Gasteiger partial charge in [0, 0.05) is 51.7 Å². The van der Waals surface area contributed by atoms with Gasteiger partial charge in [-0.15, -0.1) is 11.3 Å². The van der Waals surface area contributed by atoms with Gasteiger partial charge in [0.15, 0.2) is 0 Å². The van der Waals surface area contributed by atoms with Gasteiger partial charge in [0.05, 0.1) is 26.9 Å². The lowest BCUT2D eigenvalue weighted by Gasteiger charge is -2.10. The van der Waals surface area contributed by atoms with Crippen LogP contribution < -0.4 is 0 Å².